The van der Waals surface area contributed by atoms with Crippen molar-refractivity contribution >= 4 is 11.9 Å². The van der Waals surface area contributed by atoms with Crippen molar-refractivity contribution in [3.05, 3.63) is 30.2 Å². The van der Waals surface area contributed by atoms with Gasteiger partial charge in [0.05, 0.1) is 0 Å². The quantitative estimate of drug-likeness (QED) is 0.771. The number of amides is 1. The second-order valence-corrected chi connectivity index (χ2v) is 5.88. The lowest BCUT2D eigenvalue weighted by atomic mass is 10.3. The minimum Gasteiger partial charge on any atom is -0.401 e. The van der Waals surface area contributed by atoms with Crippen LogP contribution in [0.1, 0.15) is 50.3 Å². The van der Waals surface area contributed by atoms with E-state index >= 15 is 0 Å². The molecule has 24 heavy (non-hydrogen) atoms. The lowest BCUT2D eigenvalue weighted by Crippen LogP contribution is -2.19. The van der Waals surface area contributed by atoms with Crippen LogP contribution in [-0.2, 0) is 0 Å². The van der Waals surface area contributed by atoms with Crippen LogP contribution < -0.4 is 5.32 Å². The molecule has 0 unspecified atom stereocenters. The number of hydrogen-bond donors (Lipinski definition) is 1. The Morgan fingerprint density at radius 2 is 1.71 bits per heavy atom. The van der Waals surface area contributed by atoms with Gasteiger partial charge in [-0.2, -0.15) is 10.2 Å². The van der Waals surface area contributed by atoms with E-state index in [-0.39, 0.29) is 24.0 Å². The Balaban J connectivity index is 1.80. The average Bonchev–Trinajstić information content (AvgIpc) is 3.26. The molecule has 3 aromatic rings. The van der Waals surface area contributed by atoms with Crippen molar-refractivity contribution in [2.45, 2.75) is 39.8 Å². The van der Waals surface area contributed by atoms with Gasteiger partial charge in [0.25, 0.3) is 11.8 Å². The summed E-state index contributed by atoms with van der Waals surface area (Å²) in [6.07, 6.45) is 3.24. The lowest BCUT2D eigenvalue weighted by Gasteiger charge is -2.09. The molecule has 126 valence electrons. The van der Waals surface area contributed by atoms with E-state index in [1.54, 1.807) is 33.9 Å². The zero-order chi connectivity index (χ0) is 17.3. The predicted octanol–water partition coefficient (Wildman–Crippen LogP) is 2.54. The highest BCUT2D eigenvalue weighted by Crippen LogP contribution is 2.22. The molecule has 0 saturated heterocycles. The van der Waals surface area contributed by atoms with Crippen LogP contribution in [0.15, 0.2) is 28.9 Å². The van der Waals surface area contributed by atoms with Crippen molar-refractivity contribution in [3.63, 3.8) is 0 Å². The van der Waals surface area contributed by atoms with Crippen molar-refractivity contribution in [1.82, 2.24) is 29.8 Å². The van der Waals surface area contributed by atoms with E-state index in [1.807, 2.05) is 27.7 Å². The number of carbonyl (C=O) groups is 1. The van der Waals surface area contributed by atoms with Crippen LogP contribution in [0.2, 0.25) is 0 Å². The maximum Gasteiger partial charge on any atom is 0.322 e. The predicted molar refractivity (Wildman–Crippen MR) is 86.5 cm³/mol. The van der Waals surface area contributed by atoms with Crippen molar-refractivity contribution < 1.29 is 9.21 Å². The Morgan fingerprint density at radius 1 is 1.04 bits per heavy atom. The molecule has 9 heteroatoms. The summed E-state index contributed by atoms with van der Waals surface area (Å²) in [6, 6.07) is 3.68. The van der Waals surface area contributed by atoms with Crippen LogP contribution in [0.25, 0.3) is 11.6 Å². The number of nitrogens with one attached hydrogen (secondary N) is 1. The zero-order valence-corrected chi connectivity index (χ0v) is 14.0. The van der Waals surface area contributed by atoms with Crippen LogP contribution >= 0.6 is 0 Å². The number of carbonyl (C=O) groups excluding carboxylic acids is 1. The van der Waals surface area contributed by atoms with Gasteiger partial charge in [-0.3, -0.25) is 19.5 Å². The van der Waals surface area contributed by atoms with Crippen LogP contribution in [0.4, 0.5) is 6.01 Å². The Kier molecular flexibility index (Phi) is 4.15. The molecule has 1 amide bonds. The first-order chi connectivity index (χ1) is 11.5. The Morgan fingerprint density at radius 3 is 2.42 bits per heavy atom. The molecule has 0 aromatic carbocycles. The first kappa shape index (κ1) is 15.9. The molecule has 9 nitrogen and oxygen atoms in total. The van der Waals surface area contributed by atoms with Gasteiger partial charge < -0.3 is 4.42 Å². The van der Waals surface area contributed by atoms with E-state index < -0.39 is 0 Å². The van der Waals surface area contributed by atoms with Gasteiger partial charge in [-0.15, -0.1) is 5.10 Å². The summed E-state index contributed by atoms with van der Waals surface area (Å²) in [5.74, 6) is -0.0531. The zero-order valence-electron chi connectivity index (χ0n) is 14.0. The van der Waals surface area contributed by atoms with E-state index in [9.17, 15) is 4.79 Å². The van der Waals surface area contributed by atoms with Crippen molar-refractivity contribution in [1.29, 1.82) is 0 Å². The minimum absolute atomic E-state index is 0.0306. The minimum atomic E-state index is -0.353. The van der Waals surface area contributed by atoms with Gasteiger partial charge >= 0.3 is 6.01 Å². The molecule has 0 aliphatic rings. The molecule has 3 aromatic heterocycles. The number of hydrogen-bond acceptors (Lipinski definition) is 6. The highest BCUT2D eigenvalue weighted by atomic mass is 16.4. The molecule has 1 N–H and O–H groups in total. The molecule has 0 saturated carbocycles. The molecule has 0 atom stereocenters. The molecule has 3 heterocycles. The van der Waals surface area contributed by atoms with Gasteiger partial charge in [0.1, 0.15) is 11.4 Å². The molecule has 0 fully saturated rings. The standard InChI is InChI=1S/C15H19N7O2/c1-9(2)21-11(5-7-16-21)13(23)18-15-20-19-14(24-15)12-6-8-17-22(12)10(3)4/h5-10H,1-4H3,(H,18,20,23). The van der Waals surface area contributed by atoms with E-state index in [0.29, 0.717) is 17.3 Å². The topological polar surface area (TPSA) is 104 Å². The smallest absolute Gasteiger partial charge is 0.322 e. The second-order valence-electron chi connectivity index (χ2n) is 5.88. The normalized spacial score (nSPS) is 11.4. The summed E-state index contributed by atoms with van der Waals surface area (Å²) in [5.41, 5.74) is 1.13. The molecule has 3 rings (SSSR count). The number of anilines is 1. The highest BCUT2D eigenvalue weighted by molar-refractivity contribution is 6.01. The fraction of sp³-hybridized carbons (Fsp3) is 0.400. The van der Waals surface area contributed by atoms with Gasteiger partial charge in [0.2, 0.25) is 0 Å². The summed E-state index contributed by atoms with van der Waals surface area (Å²) in [7, 11) is 0. The summed E-state index contributed by atoms with van der Waals surface area (Å²) in [5, 5.41) is 18.8. The number of nitrogens with zero attached hydrogens (tertiary/aromatic N) is 6. The second kappa shape index (κ2) is 6.26. The van der Waals surface area contributed by atoms with Crippen molar-refractivity contribution in [2.75, 3.05) is 5.32 Å². The average molecular weight is 329 g/mol. The van der Waals surface area contributed by atoms with Crippen molar-refractivity contribution in [3.8, 4) is 11.6 Å². The van der Waals surface area contributed by atoms with Crippen LogP contribution in [0.5, 0.6) is 0 Å². The van der Waals surface area contributed by atoms with Crippen molar-refractivity contribution in [2.24, 2.45) is 0 Å². The molecule has 0 radical (unpaired) electrons. The van der Waals surface area contributed by atoms with E-state index in [1.165, 1.54) is 0 Å². The highest BCUT2D eigenvalue weighted by Gasteiger charge is 2.19. The first-order valence-corrected chi connectivity index (χ1v) is 7.69. The summed E-state index contributed by atoms with van der Waals surface area (Å²) in [4.78, 5) is 12.4. The third kappa shape index (κ3) is 2.92. The Hall–Kier alpha value is -2.97. The third-order valence-electron chi connectivity index (χ3n) is 3.42. The van der Waals surface area contributed by atoms with Gasteiger partial charge in [-0.1, -0.05) is 5.10 Å². The van der Waals surface area contributed by atoms with E-state index in [2.05, 4.69) is 25.7 Å². The van der Waals surface area contributed by atoms with Gasteiger partial charge in [0, 0.05) is 24.5 Å². The number of aromatic nitrogens is 6. The first-order valence-electron chi connectivity index (χ1n) is 7.69. The largest absolute Gasteiger partial charge is 0.401 e. The number of rotatable bonds is 5. The summed E-state index contributed by atoms with van der Waals surface area (Å²) in [6.45, 7) is 7.90. The van der Waals surface area contributed by atoms with Gasteiger partial charge in [0.15, 0.2) is 0 Å². The maximum atomic E-state index is 12.4. The molecule has 0 spiro atoms. The fourth-order valence-corrected chi connectivity index (χ4v) is 2.34. The molecule has 0 aliphatic heterocycles. The molecular weight excluding hydrogens is 310 g/mol. The fourth-order valence-electron chi connectivity index (χ4n) is 2.34. The van der Waals surface area contributed by atoms with E-state index in [4.69, 9.17) is 4.42 Å². The maximum absolute atomic E-state index is 12.4. The van der Waals surface area contributed by atoms with Crippen LogP contribution in [-0.4, -0.2) is 35.7 Å². The van der Waals surface area contributed by atoms with Gasteiger partial charge in [-0.05, 0) is 39.8 Å². The Bertz CT molecular complexity index is 844. The molecule has 0 aliphatic carbocycles. The Labute approximate surface area is 138 Å². The third-order valence-corrected chi connectivity index (χ3v) is 3.42. The van der Waals surface area contributed by atoms with Gasteiger partial charge in [-0.25, -0.2) is 0 Å². The molecule has 0 bridgehead atoms. The summed E-state index contributed by atoms with van der Waals surface area (Å²) < 4.78 is 8.94. The monoisotopic (exact) mass is 329 g/mol. The molecular formula is C15H19N7O2. The SMILES string of the molecule is CC(C)n1nccc1C(=O)Nc1nnc(-c2ccnn2C(C)C)o1. The van der Waals surface area contributed by atoms with E-state index in [0.717, 1.165) is 0 Å². The lowest BCUT2D eigenvalue weighted by molar-refractivity contribution is 0.101. The van der Waals surface area contributed by atoms with Crippen LogP contribution in [0.3, 0.4) is 0 Å². The van der Waals surface area contributed by atoms with Crippen LogP contribution in [0, 0.1) is 0 Å². The summed E-state index contributed by atoms with van der Waals surface area (Å²) >= 11 is 0.